The minimum Gasteiger partial charge on any atom is -0.497 e. The van der Waals surface area contributed by atoms with Gasteiger partial charge in [0.1, 0.15) is 23.4 Å². The Balaban J connectivity index is 2.44. The normalized spacial score (nSPS) is 12.6. The third-order valence-corrected chi connectivity index (χ3v) is 5.36. The first-order valence-electron chi connectivity index (χ1n) is 11.8. The molecule has 0 aromatic heterocycles. The number of ether oxygens (including phenoxy) is 2. The fraction of sp³-hybridized carbons (Fsp3) is 0.393. The molecule has 194 valence electrons. The number of benzene rings is 2. The minimum atomic E-state index is -0.972. The first kappa shape index (κ1) is 28.4. The molecule has 2 rings (SSSR count). The predicted octanol–water partition coefficient (Wildman–Crippen LogP) is 4.92. The molecule has 0 heterocycles. The van der Waals surface area contributed by atoms with Crippen molar-refractivity contribution in [3.8, 4) is 5.75 Å². The highest BCUT2D eigenvalue weighted by atomic mass is 16.6. The zero-order valence-corrected chi connectivity index (χ0v) is 22.2. The number of methoxy groups -OCH3 is 1. The largest absolute Gasteiger partial charge is 0.497 e. The van der Waals surface area contributed by atoms with E-state index in [1.807, 2.05) is 32.0 Å². The van der Waals surface area contributed by atoms with Gasteiger partial charge in [-0.2, -0.15) is 0 Å². The molecule has 36 heavy (non-hydrogen) atoms. The number of rotatable bonds is 9. The molecular weight excluding hydrogens is 458 g/mol. The second-order valence-electron chi connectivity index (χ2n) is 9.63. The van der Waals surface area contributed by atoms with E-state index >= 15 is 0 Å². The molecule has 3 amide bonds. The van der Waals surface area contributed by atoms with Gasteiger partial charge in [0.2, 0.25) is 5.91 Å². The van der Waals surface area contributed by atoms with E-state index < -0.39 is 35.6 Å². The van der Waals surface area contributed by atoms with Crippen LogP contribution in [0.2, 0.25) is 0 Å². The van der Waals surface area contributed by atoms with Crippen LogP contribution in [0.25, 0.3) is 0 Å². The van der Waals surface area contributed by atoms with Crippen LogP contribution in [0.15, 0.2) is 55.1 Å². The highest BCUT2D eigenvalue weighted by molar-refractivity contribution is 5.99. The molecule has 0 radical (unpaired) electrons. The topological polar surface area (TPSA) is 97.0 Å². The van der Waals surface area contributed by atoms with Crippen molar-refractivity contribution in [3.63, 3.8) is 0 Å². The zero-order valence-electron chi connectivity index (χ0n) is 22.2. The number of nitrogens with zero attached hydrogens (tertiary/aromatic N) is 1. The monoisotopic (exact) mass is 495 g/mol. The summed E-state index contributed by atoms with van der Waals surface area (Å²) in [4.78, 5) is 41.0. The smallest absolute Gasteiger partial charge is 0.408 e. The van der Waals surface area contributed by atoms with Crippen LogP contribution in [0.4, 0.5) is 10.5 Å². The number of hydrogen-bond acceptors (Lipinski definition) is 5. The standard InChI is InChI=1S/C28H37N3O5/c1-9-16-31(26(33)20(4)29-27(34)36-28(5,6)7)24(23-17-18(2)10-11-19(23)3)25(32)30-21-12-14-22(35-8)15-13-21/h9-15,17,20,24H,1,16H2,2-8H3,(H,29,34)(H,30,32). The molecule has 2 atom stereocenters. The summed E-state index contributed by atoms with van der Waals surface area (Å²) in [7, 11) is 1.56. The summed E-state index contributed by atoms with van der Waals surface area (Å²) in [6.07, 6.45) is 0.838. The number of nitrogens with one attached hydrogen (secondary N) is 2. The van der Waals surface area contributed by atoms with Crippen LogP contribution < -0.4 is 15.4 Å². The Hall–Kier alpha value is -3.81. The predicted molar refractivity (Wildman–Crippen MR) is 141 cm³/mol. The average molecular weight is 496 g/mol. The fourth-order valence-electron chi connectivity index (χ4n) is 3.65. The van der Waals surface area contributed by atoms with Gasteiger partial charge < -0.3 is 25.0 Å². The molecule has 0 fully saturated rings. The van der Waals surface area contributed by atoms with Crippen molar-refractivity contribution in [2.75, 3.05) is 19.0 Å². The molecule has 0 bridgehead atoms. The van der Waals surface area contributed by atoms with Crippen LogP contribution in [0.1, 0.15) is 50.4 Å². The average Bonchev–Trinajstić information content (AvgIpc) is 2.79. The molecule has 8 nitrogen and oxygen atoms in total. The fourth-order valence-corrected chi connectivity index (χ4v) is 3.65. The molecule has 0 saturated heterocycles. The zero-order chi connectivity index (χ0) is 27.0. The molecular formula is C28H37N3O5. The van der Waals surface area contributed by atoms with Crippen LogP contribution in [-0.2, 0) is 14.3 Å². The van der Waals surface area contributed by atoms with E-state index in [1.54, 1.807) is 65.1 Å². The Labute approximate surface area is 213 Å². The summed E-state index contributed by atoms with van der Waals surface area (Å²) in [5, 5.41) is 5.48. The SMILES string of the molecule is C=CCN(C(=O)C(C)NC(=O)OC(C)(C)C)C(C(=O)Nc1ccc(OC)cc1)c1cc(C)ccc1C. The van der Waals surface area contributed by atoms with E-state index in [0.29, 0.717) is 17.0 Å². The minimum absolute atomic E-state index is 0.0905. The molecule has 8 heteroatoms. The van der Waals surface area contributed by atoms with Gasteiger partial charge in [-0.1, -0.05) is 29.8 Å². The van der Waals surface area contributed by atoms with Gasteiger partial charge in [0.05, 0.1) is 7.11 Å². The number of hydrogen-bond donors (Lipinski definition) is 2. The van der Waals surface area contributed by atoms with Gasteiger partial charge in [0, 0.05) is 12.2 Å². The van der Waals surface area contributed by atoms with Gasteiger partial charge in [0.25, 0.3) is 5.91 Å². The lowest BCUT2D eigenvalue weighted by molar-refractivity contribution is -0.139. The van der Waals surface area contributed by atoms with Crippen molar-refractivity contribution in [3.05, 3.63) is 71.8 Å². The van der Waals surface area contributed by atoms with Crippen molar-refractivity contribution in [2.24, 2.45) is 0 Å². The van der Waals surface area contributed by atoms with Crippen molar-refractivity contribution in [1.29, 1.82) is 0 Å². The summed E-state index contributed by atoms with van der Waals surface area (Å²) in [6.45, 7) is 14.5. The van der Waals surface area contributed by atoms with Gasteiger partial charge in [0.15, 0.2) is 0 Å². The third-order valence-electron chi connectivity index (χ3n) is 5.36. The van der Waals surface area contributed by atoms with Gasteiger partial charge in [-0.05, 0) is 76.9 Å². The van der Waals surface area contributed by atoms with Crippen LogP contribution in [0.3, 0.4) is 0 Å². The van der Waals surface area contributed by atoms with Crippen molar-refractivity contribution < 1.29 is 23.9 Å². The number of anilines is 1. The summed E-state index contributed by atoms with van der Waals surface area (Å²) in [6, 6.07) is 10.8. The maximum Gasteiger partial charge on any atom is 0.408 e. The van der Waals surface area contributed by atoms with Crippen LogP contribution in [0.5, 0.6) is 5.75 Å². The summed E-state index contributed by atoms with van der Waals surface area (Å²) >= 11 is 0. The maximum atomic E-state index is 13.7. The lowest BCUT2D eigenvalue weighted by atomic mass is 9.96. The van der Waals surface area contributed by atoms with Gasteiger partial charge in [-0.15, -0.1) is 6.58 Å². The van der Waals surface area contributed by atoms with Gasteiger partial charge in [-0.25, -0.2) is 4.79 Å². The molecule has 0 saturated carbocycles. The molecule has 0 aliphatic heterocycles. The lowest BCUT2D eigenvalue weighted by Crippen LogP contribution is -2.51. The third kappa shape index (κ3) is 7.86. The van der Waals surface area contributed by atoms with Gasteiger partial charge >= 0.3 is 6.09 Å². The van der Waals surface area contributed by atoms with Crippen LogP contribution in [-0.4, -0.2) is 48.1 Å². The number of amides is 3. The Morgan fingerprint density at radius 2 is 1.72 bits per heavy atom. The first-order valence-corrected chi connectivity index (χ1v) is 11.8. The highest BCUT2D eigenvalue weighted by Crippen LogP contribution is 2.28. The highest BCUT2D eigenvalue weighted by Gasteiger charge is 2.35. The lowest BCUT2D eigenvalue weighted by Gasteiger charge is -2.33. The molecule has 0 aliphatic carbocycles. The molecule has 0 aliphatic rings. The Kier molecular flexibility index (Phi) is 9.67. The van der Waals surface area contributed by atoms with Crippen LogP contribution >= 0.6 is 0 Å². The number of aryl methyl sites for hydroxylation is 2. The van der Waals surface area contributed by atoms with E-state index in [1.165, 1.54) is 4.90 Å². The summed E-state index contributed by atoms with van der Waals surface area (Å²) in [5.74, 6) is -0.185. The van der Waals surface area contributed by atoms with Crippen molar-refractivity contribution in [2.45, 2.75) is 59.2 Å². The molecule has 2 unspecified atom stereocenters. The second-order valence-corrected chi connectivity index (χ2v) is 9.63. The first-order chi connectivity index (χ1) is 16.9. The van der Waals surface area contributed by atoms with E-state index in [2.05, 4.69) is 17.2 Å². The van der Waals surface area contributed by atoms with E-state index in [-0.39, 0.29) is 6.54 Å². The number of carbonyl (C=O) groups is 3. The van der Waals surface area contributed by atoms with E-state index in [0.717, 1.165) is 11.1 Å². The number of carbonyl (C=O) groups excluding carboxylic acids is 3. The Morgan fingerprint density at radius 1 is 1.08 bits per heavy atom. The molecule has 2 N–H and O–H groups in total. The van der Waals surface area contributed by atoms with E-state index in [9.17, 15) is 14.4 Å². The Morgan fingerprint density at radius 3 is 2.28 bits per heavy atom. The second kappa shape index (κ2) is 12.2. The summed E-state index contributed by atoms with van der Waals surface area (Å²) < 4.78 is 10.5. The van der Waals surface area contributed by atoms with Crippen LogP contribution in [0, 0.1) is 13.8 Å². The van der Waals surface area contributed by atoms with E-state index in [4.69, 9.17) is 9.47 Å². The van der Waals surface area contributed by atoms with Crippen molar-refractivity contribution in [1.82, 2.24) is 10.2 Å². The molecule has 2 aromatic carbocycles. The van der Waals surface area contributed by atoms with Gasteiger partial charge in [-0.3, -0.25) is 9.59 Å². The molecule has 2 aromatic rings. The van der Waals surface area contributed by atoms with Crippen molar-refractivity contribution >= 4 is 23.6 Å². The number of alkyl carbamates (subject to hydrolysis) is 1. The quantitative estimate of drug-likeness (QED) is 0.482. The Bertz CT molecular complexity index is 1090. The molecule has 0 spiro atoms. The maximum absolute atomic E-state index is 13.7. The summed E-state index contributed by atoms with van der Waals surface area (Å²) in [5.41, 5.74) is 2.32.